The summed E-state index contributed by atoms with van der Waals surface area (Å²) in [5.74, 6) is 1.21. The molecular formula is C28H22O6. The highest BCUT2D eigenvalue weighted by atomic mass is 16.6. The van der Waals surface area contributed by atoms with Gasteiger partial charge in [0, 0.05) is 29.7 Å². The van der Waals surface area contributed by atoms with E-state index >= 15 is 0 Å². The Morgan fingerprint density at radius 3 is 2.35 bits per heavy atom. The molecule has 0 N–H and O–H groups in total. The molecule has 0 aliphatic carbocycles. The molecule has 34 heavy (non-hydrogen) atoms. The van der Waals surface area contributed by atoms with Crippen LogP contribution in [0.5, 0.6) is 11.5 Å². The van der Waals surface area contributed by atoms with E-state index in [1.807, 2.05) is 54.6 Å². The molecule has 0 bridgehead atoms. The monoisotopic (exact) mass is 454 g/mol. The molecule has 170 valence electrons. The zero-order chi connectivity index (χ0) is 23.7. The quantitative estimate of drug-likeness (QED) is 0.293. The Bertz CT molecular complexity index is 1420. The predicted octanol–water partition coefficient (Wildman–Crippen LogP) is 5.25. The molecule has 0 amide bonds. The van der Waals surface area contributed by atoms with Crippen LogP contribution in [0.15, 0.2) is 100 Å². The molecule has 1 aliphatic heterocycles. The summed E-state index contributed by atoms with van der Waals surface area (Å²) in [5, 5.41) is 0.456. The molecule has 3 aromatic carbocycles. The number of cyclic esters (lactones) is 1. The van der Waals surface area contributed by atoms with Crippen molar-refractivity contribution in [2.75, 3.05) is 13.7 Å². The number of carbonyl (C=O) groups excluding carboxylic acids is 1. The Labute approximate surface area is 196 Å². The van der Waals surface area contributed by atoms with E-state index in [4.69, 9.17) is 18.6 Å². The van der Waals surface area contributed by atoms with Crippen molar-refractivity contribution < 1.29 is 23.4 Å². The molecule has 0 radical (unpaired) electrons. The van der Waals surface area contributed by atoms with Gasteiger partial charge in [-0.3, -0.25) is 4.79 Å². The molecule has 0 saturated carbocycles. The van der Waals surface area contributed by atoms with Gasteiger partial charge in [-0.1, -0.05) is 49.0 Å². The van der Waals surface area contributed by atoms with Gasteiger partial charge in [0.05, 0.1) is 12.5 Å². The number of carbonyl (C=O) groups is 1. The number of fused-ring (bicyclic) bond motifs is 1. The van der Waals surface area contributed by atoms with E-state index in [-0.39, 0.29) is 12.0 Å². The van der Waals surface area contributed by atoms with Gasteiger partial charge in [-0.05, 0) is 29.8 Å². The number of rotatable bonds is 6. The van der Waals surface area contributed by atoms with Crippen molar-refractivity contribution in [2.45, 2.75) is 12.0 Å². The van der Waals surface area contributed by atoms with Gasteiger partial charge in [0.2, 0.25) is 0 Å². The number of esters is 1. The number of hydrogen-bond donors (Lipinski definition) is 0. The highest BCUT2D eigenvalue weighted by molar-refractivity contribution is 5.90. The lowest BCUT2D eigenvalue weighted by molar-refractivity contribution is -0.150. The van der Waals surface area contributed by atoms with Gasteiger partial charge in [0.15, 0.2) is 11.0 Å². The second-order valence-electron chi connectivity index (χ2n) is 8.18. The van der Waals surface area contributed by atoms with Crippen LogP contribution in [0.2, 0.25) is 0 Å². The smallest absolute Gasteiger partial charge is 0.334 e. The molecule has 2 heterocycles. The average molecular weight is 454 g/mol. The first-order valence-electron chi connectivity index (χ1n) is 10.8. The Balaban J connectivity index is 1.46. The Morgan fingerprint density at radius 2 is 1.68 bits per heavy atom. The van der Waals surface area contributed by atoms with Gasteiger partial charge in [0.1, 0.15) is 29.4 Å². The van der Waals surface area contributed by atoms with Crippen molar-refractivity contribution in [3.63, 3.8) is 0 Å². The molecular weight excluding hydrogens is 432 g/mol. The van der Waals surface area contributed by atoms with E-state index in [2.05, 4.69) is 6.58 Å². The topological polar surface area (TPSA) is 75.0 Å². The molecule has 1 aliphatic rings. The maximum Gasteiger partial charge on any atom is 0.334 e. The van der Waals surface area contributed by atoms with E-state index in [1.54, 1.807) is 25.3 Å². The van der Waals surface area contributed by atoms with Crippen LogP contribution in [0, 0.1) is 0 Å². The molecule has 1 aromatic heterocycles. The average Bonchev–Trinajstić information content (AvgIpc) is 3.17. The van der Waals surface area contributed by atoms with Crippen LogP contribution in [0.4, 0.5) is 0 Å². The molecule has 0 spiro atoms. The fourth-order valence-electron chi connectivity index (χ4n) is 4.09. The van der Waals surface area contributed by atoms with Gasteiger partial charge in [-0.2, -0.15) is 0 Å². The third-order valence-electron chi connectivity index (χ3n) is 5.92. The maximum absolute atomic E-state index is 12.6. The van der Waals surface area contributed by atoms with Crippen LogP contribution in [0.3, 0.4) is 0 Å². The zero-order valence-electron chi connectivity index (χ0n) is 18.6. The van der Waals surface area contributed by atoms with E-state index in [0.29, 0.717) is 40.2 Å². The number of hydrogen-bond acceptors (Lipinski definition) is 6. The van der Waals surface area contributed by atoms with Gasteiger partial charge < -0.3 is 18.6 Å². The normalized spacial score (nSPS) is 17.6. The van der Waals surface area contributed by atoms with Crippen LogP contribution in [-0.2, 0) is 15.1 Å². The lowest BCUT2D eigenvalue weighted by Crippen LogP contribution is -2.33. The van der Waals surface area contributed by atoms with E-state index < -0.39 is 11.6 Å². The number of methoxy groups -OCH3 is 1. The molecule has 1 fully saturated rings. The molecule has 1 saturated heterocycles. The number of ether oxygens (including phenoxy) is 3. The van der Waals surface area contributed by atoms with Gasteiger partial charge >= 0.3 is 5.97 Å². The van der Waals surface area contributed by atoms with Crippen LogP contribution in [-0.4, -0.2) is 19.7 Å². The largest absolute Gasteiger partial charge is 0.497 e. The van der Waals surface area contributed by atoms with E-state index in [1.165, 1.54) is 6.07 Å². The third-order valence-corrected chi connectivity index (χ3v) is 5.92. The summed E-state index contributed by atoms with van der Waals surface area (Å²) in [4.78, 5) is 24.9. The second-order valence-corrected chi connectivity index (χ2v) is 8.18. The molecule has 6 heteroatoms. The second kappa shape index (κ2) is 8.56. The molecule has 1 atom stereocenters. The van der Waals surface area contributed by atoms with Crippen LogP contribution in [0.25, 0.3) is 22.3 Å². The van der Waals surface area contributed by atoms with Crippen LogP contribution >= 0.6 is 0 Å². The Hall–Kier alpha value is -4.32. The fourth-order valence-corrected chi connectivity index (χ4v) is 4.09. The summed E-state index contributed by atoms with van der Waals surface area (Å²) in [5.41, 5.74) is 1.23. The minimum atomic E-state index is -1.01. The van der Waals surface area contributed by atoms with E-state index in [0.717, 1.165) is 11.1 Å². The fraction of sp³-hybridized carbons (Fsp3) is 0.143. The Kier molecular flexibility index (Phi) is 5.42. The van der Waals surface area contributed by atoms with Crippen molar-refractivity contribution in [2.24, 2.45) is 0 Å². The minimum Gasteiger partial charge on any atom is -0.497 e. The first-order valence-corrected chi connectivity index (χ1v) is 10.8. The minimum absolute atomic E-state index is 0.0677. The summed E-state index contributed by atoms with van der Waals surface area (Å²) >= 11 is 0. The third kappa shape index (κ3) is 3.94. The van der Waals surface area contributed by atoms with Crippen molar-refractivity contribution >= 4 is 16.9 Å². The van der Waals surface area contributed by atoms with Gasteiger partial charge in [0.25, 0.3) is 0 Å². The summed E-state index contributed by atoms with van der Waals surface area (Å²) in [7, 11) is 1.59. The van der Waals surface area contributed by atoms with Crippen LogP contribution in [0.1, 0.15) is 12.0 Å². The summed E-state index contributed by atoms with van der Waals surface area (Å²) in [6, 6.07) is 23.3. The SMILES string of the molecule is C=C1CC(COc2ccc3c(=O)cc(-c4ccccc4)oc3c2)(c2ccc(OC)cc2)OC1=O. The standard InChI is InChI=1S/C28H22O6/c1-18-16-28(34-27(18)30,20-8-10-21(31-2)11-9-20)17-32-22-12-13-23-24(29)15-25(33-26(23)14-22)19-6-4-3-5-7-19/h3-15H,1,16-17H2,2H3. The Morgan fingerprint density at radius 1 is 0.941 bits per heavy atom. The highest BCUT2D eigenvalue weighted by Crippen LogP contribution is 2.40. The first kappa shape index (κ1) is 21.5. The summed E-state index contributed by atoms with van der Waals surface area (Å²) in [6.45, 7) is 3.90. The van der Waals surface area contributed by atoms with Crippen molar-refractivity contribution in [3.05, 3.63) is 107 Å². The van der Waals surface area contributed by atoms with Crippen LogP contribution < -0.4 is 14.9 Å². The lowest BCUT2D eigenvalue weighted by atomic mass is 9.90. The predicted molar refractivity (Wildman–Crippen MR) is 128 cm³/mol. The van der Waals surface area contributed by atoms with E-state index in [9.17, 15) is 9.59 Å². The first-order chi connectivity index (χ1) is 16.5. The summed E-state index contributed by atoms with van der Waals surface area (Å²) in [6.07, 6.45) is 0.305. The molecule has 1 unspecified atom stereocenters. The maximum atomic E-state index is 12.6. The lowest BCUT2D eigenvalue weighted by Gasteiger charge is -2.28. The van der Waals surface area contributed by atoms with Crippen molar-refractivity contribution in [1.29, 1.82) is 0 Å². The van der Waals surface area contributed by atoms with Crippen molar-refractivity contribution in [1.82, 2.24) is 0 Å². The van der Waals surface area contributed by atoms with Crippen molar-refractivity contribution in [3.8, 4) is 22.8 Å². The van der Waals surface area contributed by atoms with Gasteiger partial charge in [-0.25, -0.2) is 4.79 Å². The highest BCUT2D eigenvalue weighted by Gasteiger charge is 2.45. The summed E-state index contributed by atoms with van der Waals surface area (Å²) < 4.78 is 23.1. The zero-order valence-corrected chi connectivity index (χ0v) is 18.6. The molecule has 6 nitrogen and oxygen atoms in total. The number of benzene rings is 3. The molecule has 4 aromatic rings. The molecule has 5 rings (SSSR count). The van der Waals surface area contributed by atoms with Gasteiger partial charge in [-0.15, -0.1) is 0 Å².